The third-order valence-corrected chi connectivity index (χ3v) is 4.87. The SMILES string of the molecule is Cc1ccnc(C)c1-c1cnc2[nH]cc(-c3ccc4nccn4c3)c2c1. The van der Waals surface area contributed by atoms with Gasteiger partial charge in [-0.05, 0) is 43.7 Å². The zero-order chi connectivity index (χ0) is 17.7. The minimum atomic E-state index is 0.883. The third-order valence-electron chi connectivity index (χ3n) is 4.87. The second-order valence-electron chi connectivity index (χ2n) is 6.52. The minimum absolute atomic E-state index is 0.883. The summed E-state index contributed by atoms with van der Waals surface area (Å²) in [6.45, 7) is 4.15. The molecule has 0 radical (unpaired) electrons. The summed E-state index contributed by atoms with van der Waals surface area (Å²) in [6, 6.07) is 8.36. The van der Waals surface area contributed by atoms with E-state index in [4.69, 9.17) is 0 Å². The van der Waals surface area contributed by atoms with Gasteiger partial charge in [-0.1, -0.05) is 0 Å². The van der Waals surface area contributed by atoms with Crippen LogP contribution in [0.3, 0.4) is 0 Å². The van der Waals surface area contributed by atoms with Gasteiger partial charge in [0, 0.05) is 70.5 Å². The van der Waals surface area contributed by atoms with Crippen molar-refractivity contribution in [2.24, 2.45) is 0 Å². The van der Waals surface area contributed by atoms with E-state index in [9.17, 15) is 0 Å². The lowest BCUT2D eigenvalue weighted by molar-refractivity contribution is 1.18. The molecular formula is C21H17N5. The van der Waals surface area contributed by atoms with E-state index >= 15 is 0 Å². The molecule has 0 aliphatic heterocycles. The average Bonchev–Trinajstić information content (AvgIpc) is 3.27. The number of nitrogens with one attached hydrogen (secondary N) is 1. The Bertz CT molecular complexity index is 1240. The Hall–Kier alpha value is -3.47. The van der Waals surface area contributed by atoms with Crippen LogP contribution in [-0.2, 0) is 0 Å². The maximum absolute atomic E-state index is 4.64. The van der Waals surface area contributed by atoms with Crippen LogP contribution < -0.4 is 0 Å². The summed E-state index contributed by atoms with van der Waals surface area (Å²) in [5.74, 6) is 0. The van der Waals surface area contributed by atoms with Gasteiger partial charge in [-0.2, -0.15) is 0 Å². The summed E-state index contributed by atoms with van der Waals surface area (Å²) in [7, 11) is 0. The number of aryl methyl sites for hydroxylation is 2. The second kappa shape index (κ2) is 5.52. The molecule has 0 aliphatic rings. The van der Waals surface area contributed by atoms with Gasteiger partial charge >= 0.3 is 0 Å². The van der Waals surface area contributed by atoms with Crippen LogP contribution in [0.2, 0.25) is 0 Å². The summed E-state index contributed by atoms with van der Waals surface area (Å²) in [6.07, 6.45) is 11.6. The van der Waals surface area contributed by atoms with Crippen LogP contribution in [0.1, 0.15) is 11.3 Å². The molecule has 1 N–H and O–H groups in total. The molecule has 0 saturated heterocycles. The molecule has 5 aromatic rings. The molecule has 0 fully saturated rings. The topological polar surface area (TPSA) is 58.9 Å². The number of imidazole rings is 1. The smallest absolute Gasteiger partial charge is 0.137 e. The lowest BCUT2D eigenvalue weighted by Crippen LogP contribution is -1.92. The molecule has 0 saturated carbocycles. The Morgan fingerprint density at radius 3 is 2.77 bits per heavy atom. The highest BCUT2D eigenvalue weighted by atomic mass is 15.0. The van der Waals surface area contributed by atoms with Gasteiger partial charge in [0.15, 0.2) is 0 Å². The third kappa shape index (κ3) is 2.21. The molecule has 126 valence electrons. The first kappa shape index (κ1) is 14.8. The number of hydrogen-bond donors (Lipinski definition) is 1. The van der Waals surface area contributed by atoms with Crippen LogP contribution in [0.25, 0.3) is 38.9 Å². The van der Waals surface area contributed by atoms with Crippen molar-refractivity contribution < 1.29 is 0 Å². The lowest BCUT2D eigenvalue weighted by Gasteiger charge is -2.09. The predicted molar refractivity (Wildman–Crippen MR) is 103 cm³/mol. The summed E-state index contributed by atoms with van der Waals surface area (Å²) in [5, 5.41) is 1.10. The molecule has 5 aromatic heterocycles. The lowest BCUT2D eigenvalue weighted by atomic mass is 9.99. The van der Waals surface area contributed by atoms with Crippen LogP contribution in [-0.4, -0.2) is 24.3 Å². The molecule has 0 bridgehead atoms. The predicted octanol–water partition coefficient (Wildman–Crippen LogP) is 4.56. The van der Waals surface area contributed by atoms with Crippen molar-refractivity contribution in [3.05, 3.63) is 72.7 Å². The van der Waals surface area contributed by atoms with Crippen LogP contribution in [0.5, 0.6) is 0 Å². The summed E-state index contributed by atoms with van der Waals surface area (Å²) >= 11 is 0. The van der Waals surface area contributed by atoms with E-state index in [1.54, 1.807) is 0 Å². The Labute approximate surface area is 150 Å². The standard InChI is InChI=1S/C21H17N5/c1-13-5-6-22-14(2)20(13)16-9-17-18(11-25-21(17)24-10-16)15-3-4-19-23-7-8-26(19)12-15/h3-12H,1-2H3,(H,24,25). The van der Waals surface area contributed by atoms with Crippen LogP contribution in [0.4, 0.5) is 0 Å². The minimum Gasteiger partial charge on any atom is -0.346 e. The Kier molecular flexibility index (Phi) is 3.15. The highest BCUT2D eigenvalue weighted by Gasteiger charge is 2.12. The van der Waals surface area contributed by atoms with Crippen molar-refractivity contribution >= 4 is 16.7 Å². The first-order valence-corrected chi connectivity index (χ1v) is 8.53. The monoisotopic (exact) mass is 339 g/mol. The zero-order valence-electron chi connectivity index (χ0n) is 14.6. The van der Waals surface area contributed by atoms with Crippen molar-refractivity contribution in [3.8, 4) is 22.3 Å². The average molecular weight is 339 g/mol. The molecule has 0 aromatic carbocycles. The molecule has 5 nitrogen and oxygen atoms in total. The van der Waals surface area contributed by atoms with Crippen LogP contribution in [0.15, 0.2) is 61.4 Å². The van der Waals surface area contributed by atoms with E-state index in [1.165, 1.54) is 5.56 Å². The number of rotatable bonds is 2. The molecule has 5 heteroatoms. The Morgan fingerprint density at radius 1 is 0.962 bits per heavy atom. The number of pyridine rings is 3. The van der Waals surface area contributed by atoms with Gasteiger partial charge in [0.05, 0.1) is 0 Å². The van der Waals surface area contributed by atoms with E-state index in [-0.39, 0.29) is 0 Å². The molecule has 0 unspecified atom stereocenters. The number of aromatic nitrogens is 5. The van der Waals surface area contributed by atoms with Gasteiger partial charge in [0.1, 0.15) is 11.3 Å². The van der Waals surface area contributed by atoms with Gasteiger partial charge in [-0.3, -0.25) is 4.98 Å². The summed E-state index contributed by atoms with van der Waals surface area (Å²) < 4.78 is 2.03. The fourth-order valence-electron chi connectivity index (χ4n) is 3.59. The largest absolute Gasteiger partial charge is 0.346 e. The molecule has 5 rings (SSSR count). The van der Waals surface area contributed by atoms with Crippen molar-refractivity contribution in [1.82, 2.24) is 24.3 Å². The fourth-order valence-corrected chi connectivity index (χ4v) is 3.59. The van der Waals surface area contributed by atoms with Crippen molar-refractivity contribution in [2.45, 2.75) is 13.8 Å². The normalized spacial score (nSPS) is 11.5. The molecule has 0 atom stereocenters. The molecule has 0 aliphatic carbocycles. The first-order valence-electron chi connectivity index (χ1n) is 8.53. The number of hydrogen-bond acceptors (Lipinski definition) is 3. The molecule has 5 heterocycles. The van der Waals surface area contributed by atoms with E-state index in [0.717, 1.165) is 44.6 Å². The highest BCUT2D eigenvalue weighted by molar-refractivity contribution is 5.96. The quantitative estimate of drug-likeness (QED) is 0.513. The number of aromatic amines is 1. The maximum Gasteiger partial charge on any atom is 0.137 e. The number of fused-ring (bicyclic) bond motifs is 2. The first-order chi connectivity index (χ1) is 12.7. The Morgan fingerprint density at radius 2 is 1.88 bits per heavy atom. The van der Waals surface area contributed by atoms with Gasteiger partial charge in [0.25, 0.3) is 0 Å². The van der Waals surface area contributed by atoms with E-state index in [0.29, 0.717) is 0 Å². The van der Waals surface area contributed by atoms with Gasteiger partial charge in [0.2, 0.25) is 0 Å². The fraction of sp³-hybridized carbons (Fsp3) is 0.0952. The van der Waals surface area contributed by atoms with Gasteiger partial charge in [-0.15, -0.1) is 0 Å². The summed E-state index contributed by atoms with van der Waals surface area (Å²) in [5.41, 5.74) is 8.54. The van der Waals surface area contributed by atoms with E-state index in [2.05, 4.69) is 45.2 Å². The molecule has 0 spiro atoms. The number of nitrogens with zero attached hydrogens (tertiary/aromatic N) is 4. The van der Waals surface area contributed by atoms with Crippen LogP contribution in [0, 0.1) is 13.8 Å². The zero-order valence-corrected chi connectivity index (χ0v) is 14.6. The number of H-pyrrole nitrogens is 1. The van der Waals surface area contributed by atoms with Crippen molar-refractivity contribution in [2.75, 3.05) is 0 Å². The second-order valence-corrected chi connectivity index (χ2v) is 6.52. The van der Waals surface area contributed by atoms with Crippen molar-refractivity contribution in [1.29, 1.82) is 0 Å². The molecular weight excluding hydrogens is 322 g/mol. The maximum atomic E-state index is 4.64. The van der Waals surface area contributed by atoms with Crippen LogP contribution >= 0.6 is 0 Å². The Balaban J connectivity index is 1.72. The van der Waals surface area contributed by atoms with E-state index in [1.807, 2.05) is 54.4 Å². The van der Waals surface area contributed by atoms with Crippen molar-refractivity contribution in [3.63, 3.8) is 0 Å². The van der Waals surface area contributed by atoms with Gasteiger partial charge < -0.3 is 9.38 Å². The highest BCUT2D eigenvalue weighted by Crippen LogP contribution is 2.32. The molecule has 26 heavy (non-hydrogen) atoms. The van der Waals surface area contributed by atoms with E-state index < -0.39 is 0 Å². The summed E-state index contributed by atoms with van der Waals surface area (Å²) in [4.78, 5) is 16.7. The molecule has 0 amide bonds. The van der Waals surface area contributed by atoms with Gasteiger partial charge in [-0.25, -0.2) is 9.97 Å².